The van der Waals surface area contributed by atoms with E-state index >= 15 is 0 Å². The SMILES string of the molecule is CC(C)(C)c1ccc(-c2cc3c4c(c2)C2(C)CCCCC2(C)N4B2c4c-3cc(C(C)(C)C)cc4-n3c4cc5c6cc(C(C)(C)C)ccc6n(-c6ccc(C(C)(C)C)cc6)c5cc4c4cc(C(C)(C)C)cc2c43)cc1. The molecule has 7 aromatic carbocycles. The molecular weight excluding hydrogens is 894 g/mol. The van der Waals surface area contributed by atoms with Gasteiger partial charge in [0.25, 0.3) is 0 Å². The van der Waals surface area contributed by atoms with Crippen molar-refractivity contribution in [2.24, 2.45) is 0 Å². The molecule has 1 saturated carbocycles. The molecule has 0 radical (unpaired) electrons. The van der Waals surface area contributed by atoms with Gasteiger partial charge in [-0.05, 0) is 169 Å². The van der Waals surface area contributed by atoms with Gasteiger partial charge in [-0.2, -0.15) is 0 Å². The van der Waals surface area contributed by atoms with Crippen LogP contribution in [-0.2, 0) is 32.5 Å². The molecule has 13 rings (SSSR count). The van der Waals surface area contributed by atoms with E-state index in [0.29, 0.717) is 0 Å². The molecule has 2 unspecified atom stereocenters. The van der Waals surface area contributed by atoms with Gasteiger partial charge in [-0.3, -0.25) is 0 Å². The Balaban J connectivity index is 1.18. The van der Waals surface area contributed by atoms with E-state index in [2.05, 4.69) is 247 Å². The molecule has 0 N–H and O–H groups in total. The molecule has 3 nitrogen and oxygen atoms in total. The van der Waals surface area contributed by atoms with Crippen LogP contribution in [0.4, 0.5) is 5.69 Å². The maximum Gasteiger partial charge on any atom is 0.328 e. The number of hydrogen-bond acceptors (Lipinski definition) is 1. The molecule has 4 aliphatic rings. The van der Waals surface area contributed by atoms with Crippen molar-refractivity contribution in [2.45, 2.75) is 181 Å². The Bertz CT molecular complexity index is 3880. The quantitative estimate of drug-likeness (QED) is 0.157. The molecule has 0 saturated heterocycles. The van der Waals surface area contributed by atoms with E-state index in [1.807, 2.05) is 0 Å². The Labute approximate surface area is 442 Å². The van der Waals surface area contributed by atoms with Gasteiger partial charge in [0, 0.05) is 55.1 Å². The number of anilines is 1. The normalized spacial score (nSPS) is 19.5. The van der Waals surface area contributed by atoms with Crippen LogP contribution < -0.4 is 15.7 Å². The molecule has 0 spiro atoms. The van der Waals surface area contributed by atoms with E-state index in [1.165, 1.54) is 147 Å². The highest BCUT2D eigenvalue weighted by molar-refractivity contribution is 6.93. The molecule has 1 aliphatic carbocycles. The van der Waals surface area contributed by atoms with Gasteiger partial charge in [-0.15, -0.1) is 0 Å². The Morgan fingerprint density at radius 3 is 1.58 bits per heavy atom. The molecule has 74 heavy (non-hydrogen) atoms. The lowest BCUT2D eigenvalue weighted by Gasteiger charge is -2.54. The zero-order valence-corrected chi connectivity index (χ0v) is 47.7. The smallest absolute Gasteiger partial charge is 0.328 e. The summed E-state index contributed by atoms with van der Waals surface area (Å²) in [5.41, 5.74) is 26.0. The van der Waals surface area contributed by atoms with E-state index in [0.717, 1.165) is 0 Å². The predicted molar refractivity (Wildman–Crippen MR) is 321 cm³/mol. The number of hydrogen-bond donors (Lipinski definition) is 0. The molecule has 0 bridgehead atoms. The maximum absolute atomic E-state index is 3.03. The lowest BCUT2D eigenvalue weighted by molar-refractivity contribution is 0.199. The van der Waals surface area contributed by atoms with Gasteiger partial charge >= 0.3 is 6.85 Å². The van der Waals surface area contributed by atoms with Crippen LogP contribution in [0.3, 0.4) is 0 Å². The van der Waals surface area contributed by atoms with Crippen molar-refractivity contribution in [3.05, 3.63) is 149 Å². The first-order valence-corrected chi connectivity index (χ1v) is 28.1. The first-order chi connectivity index (χ1) is 34.6. The first-order valence-electron chi connectivity index (χ1n) is 28.1. The zero-order chi connectivity index (χ0) is 52.4. The summed E-state index contributed by atoms with van der Waals surface area (Å²) in [4.78, 5) is 3.03. The second kappa shape index (κ2) is 14.9. The van der Waals surface area contributed by atoms with E-state index in [-0.39, 0.29) is 44.9 Å². The molecule has 0 amide bonds. The Morgan fingerprint density at radius 2 is 0.959 bits per heavy atom. The van der Waals surface area contributed by atoms with Crippen molar-refractivity contribution >= 4 is 67.1 Å². The van der Waals surface area contributed by atoms with Gasteiger partial charge < -0.3 is 13.9 Å². The highest BCUT2D eigenvalue weighted by Crippen LogP contribution is 2.63. The summed E-state index contributed by atoms with van der Waals surface area (Å²) in [6.07, 6.45) is 4.88. The van der Waals surface area contributed by atoms with Crippen LogP contribution in [0.25, 0.3) is 77.2 Å². The minimum atomic E-state index is -0.0870. The van der Waals surface area contributed by atoms with Crippen LogP contribution in [0, 0.1) is 0 Å². The van der Waals surface area contributed by atoms with Crippen LogP contribution in [0.1, 0.15) is 177 Å². The van der Waals surface area contributed by atoms with Crippen molar-refractivity contribution in [2.75, 3.05) is 4.81 Å². The zero-order valence-electron chi connectivity index (χ0n) is 47.7. The molecular formula is C70H78BN3. The largest absolute Gasteiger partial charge is 0.400 e. The number of nitrogens with zero attached hydrogens (tertiary/aromatic N) is 3. The van der Waals surface area contributed by atoms with Gasteiger partial charge in [0.2, 0.25) is 0 Å². The Morgan fingerprint density at radius 1 is 0.432 bits per heavy atom. The number of rotatable bonds is 2. The fourth-order valence-corrected chi connectivity index (χ4v) is 14.4. The minimum absolute atomic E-state index is 0.00303. The van der Waals surface area contributed by atoms with Crippen LogP contribution >= 0.6 is 0 Å². The van der Waals surface area contributed by atoms with Crippen LogP contribution in [0.5, 0.6) is 0 Å². The van der Waals surface area contributed by atoms with Crippen LogP contribution in [0.2, 0.25) is 0 Å². The lowest BCUT2D eigenvalue weighted by Crippen LogP contribution is -2.70. The standard InChI is InChI=1S/C70H78BN3/c1-64(2,3)43-22-20-41(21-23-43)42-32-53-52-35-47(68(13,14)15)38-60-61(52)71(74-62(53)55(33-42)69(16)30-18-19-31-70(69,74)17)56-37-46(67(10,11)12)36-54-51-40-58-50(39-59(51)73(60)63(54)56)49-34-45(66(7,8)9)26-29-57(49)72(58)48-27-24-44(25-28-48)65(4,5)6/h20-29,32-40H,18-19,30-31H2,1-17H3. The molecule has 2 atom stereocenters. The average molecular weight is 972 g/mol. The summed E-state index contributed by atoms with van der Waals surface area (Å²) in [5, 5.41) is 5.31. The van der Waals surface area contributed by atoms with Crippen molar-refractivity contribution in [3.63, 3.8) is 0 Å². The van der Waals surface area contributed by atoms with Crippen molar-refractivity contribution in [3.8, 4) is 33.6 Å². The van der Waals surface area contributed by atoms with E-state index < -0.39 is 0 Å². The highest BCUT2D eigenvalue weighted by atomic mass is 15.2. The first kappa shape index (κ1) is 47.7. The highest BCUT2D eigenvalue weighted by Gasteiger charge is 2.63. The van der Waals surface area contributed by atoms with Gasteiger partial charge in [-0.25, -0.2) is 0 Å². The number of fused-ring (bicyclic) bond motifs is 13. The molecule has 3 aliphatic heterocycles. The summed E-state index contributed by atoms with van der Waals surface area (Å²) in [6.45, 7) is 40.8. The molecule has 4 heteroatoms. The van der Waals surface area contributed by atoms with Crippen LogP contribution in [0.15, 0.2) is 115 Å². The fraction of sp³-hybridized carbons (Fsp3) is 0.400. The topological polar surface area (TPSA) is 13.1 Å². The Hall–Kier alpha value is -6.00. The summed E-state index contributed by atoms with van der Waals surface area (Å²) >= 11 is 0. The second-order valence-corrected chi connectivity index (χ2v) is 29.1. The third kappa shape index (κ3) is 6.51. The Kier molecular flexibility index (Phi) is 9.60. The summed E-state index contributed by atoms with van der Waals surface area (Å²) in [6, 6.07) is 47.1. The molecule has 5 heterocycles. The number of aromatic nitrogens is 2. The third-order valence-electron chi connectivity index (χ3n) is 19.2. The van der Waals surface area contributed by atoms with Crippen molar-refractivity contribution < 1.29 is 0 Å². The van der Waals surface area contributed by atoms with Gasteiger partial charge in [0.1, 0.15) is 0 Å². The van der Waals surface area contributed by atoms with Crippen molar-refractivity contribution in [1.82, 2.24) is 9.13 Å². The van der Waals surface area contributed by atoms with Crippen LogP contribution in [-0.4, -0.2) is 21.5 Å². The van der Waals surface area contributed by atoms with Gasteiger partial charge in [0.15, 0.2) is 0 Å². The minimum Gasteiger partial charge on any atom is -0.400 e. The number of benzene rings is 7. The molecule has 9 aromatic rings. The molecule has 2 aromatic heterocycles. The lowest BCUT2D eigenvalue weighted by atomic mass is 9.42. The van der Waals surface area contributed by atoms with E-state index in [1.54, 1.807) is 5.56 Å². The third-order valence-corrected chi connectivity index (χ3v) is 19.2. The van der Waals surface area contributed by atoms with Crippen molar-refractivity contribution in [1.29, 1.82) is 0 Å². The average Bonchev–Trinajstić information content (AvgIpc) is 3.91. The predicted octanol–water partition coefficient (Wildman–Crippen LogP) is 17.5. The van der Waals surface area contributed by atoms with Gasteiger partial charge in [0.05, 0.1) is 22.1 Å². The molecule has 376 valence electrons. The monoisotopic (exact) mass is 972 g/mol. The maximum atomic E-state index is 3.03. The summed E-state index contributed by atoms with van der Waals surface area (Å²) in [5.74, 6) is 0. The van der Waals surface area contributed by atoms with E-state index in [9.17, 15) is 0 Å². The fourth-order valence-electron chi connectivity index (χ4n) is 14.4. The molecule has 1 fully saturated rings. The van der Waals surface area contributed by atoms with Gasteiger partial charge in [-0.1, -0.05) is 178 Å². The second-order valence-electron chi connectivity index (χ2n) is 29.1. The van der Waals surface area contributed by atoms with E-state index in [4.69, 9.17) is 0 Å². The summed E-state index contributed by atoms with van der Waals surface area (Å²) < 4.78 is 5.31. The summed E-state index contributed by atoms with van der Waals surface area (Å²) in [7, 11) is 0.